The third kappa shape index (κ3) is 5.69. The van der Waals surface area contributed by atoms with Crippen molar-refractivity contribution < 1.29 is 9.53 Å². The normalized spacial score (nSPS) is 20.7. The van der Waals surface area contributed by atoms with Crippen LogP contribution in [0.1, 0.15) is 18.4 Å². The maximum Gasteiger partial charge on any atom is 0.251 e. The maximum absolute atomic E-state index is 12.5. The number of hydrogen-bond acceptors (Lipinski definition) is 4. The Labute approximate surface area is 168 Å². The fraction of sp³-hybridized carbons (Fsp3) is 0.619. The molecule has 2 heterocycles. The van der Waals surface area contributed by atoms with Crippen molar-refractivity contribution in [3.05, 3.63) is 35.9 Å². The first-order chi connectivity index (χ1) is 13.7. The molecule has 154 valence electrons. The van der Waals surface area contributed by atoms with Crippen molar-refractivity contribution in [2.24, 2.45) is 4.99 Å². The van der Waals surface area contributed by atoms with Crippen LogP contribution in [-0.4, -0.2) is 92.6 Å². The number of carbonyl (C=O) groups excluding carboxylic acids is 1. The van der Waals surface area contributed by atoms with E-state index < -0.39 is 0 Å². The first-order valence-electron chi connectivity index (χ1n) is 10.3. The van der Waals surface area contributed by atoms with Gasteiger partial charge in [-0.3, -0.25) is 9.79 Å². The van der Waals surface area contributed by atoms with Gasteiger partial charge in [0.1, 0.15) is 6.10 Å². The SMILES string of the molecule is CN=C(NCCN(C)Cc1ccccc1)N1CCN(C(=O)C2CCCO2)CC1. The standard InChI is InChI=1S/C21H33N5O2/c1-22-21(23-10-11-24(2)17-18-7-4-3-5-8-18)26-14-12-25(13-15-26)20(27)19-9-6-16-28-19/h3-5,7-8,19H,6,9-17H2,1-2H3,(H,22,23). The van der Waals surface area contributed by atoms with Crippen LogP contribution in [0.15, 0.2) is 35.3 Å². The molecule has 1 unspecified atom stereocenters. The molecule has 3 rings (SSSR count). The molecule has 1 aromatic carbocycles. The molecular formula is C21H33N5O2. The number of piperazine rings is 1. The van der Waals surface area contributed by atoms with Gasteiger partial charge >= 0.3 is 0 Å². The van der Waals surface area contributed by atoms with Crippen LogP contribution in [0.2, 0.25) is 0 Å². The van der Waals surface area contributed by atoms with Gasteiger partial charge in [-0.25, -0.2) is 0 Å². The number of guanidine groups is 1. The summed E-state index contributed by atoms with van der Waals surface area (Å²) in [6, 6.07) is 10.5. The topological polar surface area (TPSA) is 60.4 Å². The summed E-state index contributed by atoms with van der Waals surface area (Å²) in [5.41, 5.74) is 1.32. The van der Waals surface area contributed by atoms with Crippen molar-refractivity contribution in [3.8, 4) is 0 Å². The third-order valence-corrected chi connectivity index (χ3v) is 5.38. The Morgan fingerprint density at radius 1 is 1.21 bits per heavy atom. The Morgan fingerprint density at radius 2 is 1.93 bits per heavy atom. The third-order valence-electron chi connectivity index (χ3n) is 5.38. The fourth-order valence-electron chi connectivity index (χ4n) is 3.78. The average Bonchev–Trinajstić information content (AvgIpc) is 3.26. The minimum Gasteiger partial charge on any atom is -0.368 e. The fourth-order valence-corrected chi connectivity index (χ4v) is 3.78. The number of likely N-dealkylation sites (N-methyl/N-ethyl adjacent to an activating group) is 1. The lowest BCUT2D eigenvalue weighted by atomic mass is 10.2. The molecule has 1 amide bonds. The number of ether oxygens (including phenoxy) is 1. The first-order valence-corrected chi connectivity index (χ1v) is 10.3. The van der Waals surface area contributed by atoms with Gasteiger partial charge in [0.15, 0.2) is 5.96 Å². The minimum absolute atomic E-state index is 0.155. The average molecular weight is 388 g/mol. The van der Waals surface area contributed by atoms with Gasteiger partial charge in [0.05, 0.1) is 0 Å². The molecule has 1 atom stereocenters. The number of carbonyl (C=O) groups is 1. The molecule has 0 bridgehead atoms. The van der Waals surface area contributed by atoms with Crippen LogP contribution in [0, 0.1) is 0 Å². The summed E-state index contributed by atoms with van der Waals surface area (Å²) in [5, 5.41) is 3.46. The van der Waals surface area contributed by atoms with Crippen LogP contribution in [0.4, 0.5) is 0 Å². The van der Waals surface area contributed by atoms with E-state index in [9.17, 15) is 4.79 Å². The van der Waals surface area contributed by atoms with Crippen LogP contribution in [0.25, 0.3) is 0 Å². The number of nitrogens with zero attached hydrogens (tertiary/aromatic N) is 4. The zero-order valence-corrected chi connectivity index (χ0v) is 17.1. The molecule has 0 aromatic heterocycles. The van der Waals surface area contributed by atoms with E-state index in [1.807, 2.05) is 18.0 Å². The molecule has 0 aliphatic carbocycles. The van der Waals surface area contributed by atoms with E-state index in [2.05, 4.69) is 51.4 Å². The highest BCUT2D eigenvalue weighted by molar-refractivity contribution is 5.82. The highest BCUT2D eigenvalue weighted by Gasteiger charge is 2.30. The van der Waals surface area contributed by atoms with E-state index in [-0.39, 0.29) is 12.0 Å². The number of benzene rings is 1. The van der Waals surface area contributed by atoms with E-state index in [1.54, 1.807) is 0 Å². The first kappa shape index (κ1) is 20.6. The quantitative estimate of drug-likeness (QED) is 0.583. The van der Waals surface area contributed by atoms with Gasteiger partial charge < -0.3 is 24.8 Å². The lowest BCUT2D eigenvalue weighted by Crippen LogP contribution is -2.55. The molecule has 7 heteroatoms. The van der Waals surface area contributed by atoms with Crippen LogP contribution in [0.3, 0.4) is 0 Å². The second kappa shape index (κ2) is 10.4. The molecule has 7 nitrogen and oxygen atoms in total. The summed E-state index contributed by atoms with van der Waals surface area (Å²) >= 11 is 0. The summed E-state index contributed by atoms with van der Waals surface area (Å²) < 4.78 is 5.54. The van der Waals surface area contributed by atoms with E-state index in [1.165, 1.54) is 5.56 Å². The van der Waals surface area contributed by atoms with Gasteiger partial charge in [-0.1, -0.05) is 30.3 Å². The maximum atomic E-state index is 12.5. The second-order valence-electron chi connectivity index (χ2n) is 7.51. The lowest BCUT2D eigenvalue weighted by Gasteiger charge is -2.37. The van der Waals surface area contributed by atoms with Crippen LogP contribution >= 0.6 is 0 Å². The summed E-state index contributed by atoms with van der Waals surface area (Å²) in [5.74, 6) is 1.07. The Morgan fingerprint density at radius 3 is 2.57 bits per heavy atom. The van der Waals surface area contributed by atoms with Crippen molar-refractivity contribution >= 4 is 11.9 Å². The van der Waals surface area contributed by atoms with Crippen LogP contribution < -0.4 is 5.32 Å². The van der Waals surface area contributed by atoms with Gasteiger partial charge in [0.25, 0.3) is 5.91 Å². The number of hydrogen-bond donors (Lipinski definition) is 1. The van der Waals surface area contributed by atoms with E-state index >= 15 is 0 Å². The zero-order valence-electron chi connectivity index (χ0n) is 17.1. The molecular weight excluding hydrogens is 354 g/mol. The van der Waals surface area contributed by atoms with Crippen molar-refractivity contribution in [2.75, 3.05) is 60.0 Å². The van der Waals surface area contributed by atoms with Gasteiger partial charge in [0, 0.05) is 59.5 Å². The molecule has 0 saturated carbocycles. The van der Waals surface area contributed by atoms with Crippen molar-refractivity contribution in [2.45, 2.75) is 25.5 Å². The number of amides is 1. The van der Waals surface area contributed by atoms with Crippen molar-refractivity contribution in [3.63, 3.8) is 0 Å². The number of rotatable bonds is 6. The Balaban J connectivity index is 1.38. The predicted octanol–water partition coefficient (Wildman–Crippen LogP) is 1.02. The Bertz CT molecular complexity index is 637. The number of aliphatic imine (C=N–C) groups is 1. The molecule has 2 saturated heterocycles. The molecule has 0 radical (unpaired) electrons. The van der Waals surface area contributed by atoms with Crippen molar-refractivity contribution in [1.29, 1.82) is 0 Å². The summed E-state index contributed by atoms with van der Waals surface area (Å²) in [6.07, 6.45) is 1.63. The number of nitrogens with one attached hydrogen (secondary N) is 1. The zero-order chi connectivity index (χ0) is 19.8. The smallest absolute Gasteiger partial charge is 0.251 e. The molecule has 2 aliphatic rings. The summed E-state index contributed by atoms with van der Waals surface area (Å²) in [7, 11) is 3.95. The highest BCUT2D eigenvalue weighted by Crippen LogP contribution is 2.16. The minimum atomic E-state index is -0.218. The lowest BCUT2D eigenvalue weighted by molar-refractivity contribution is -0.142. The molecule has 1 aromatic rings. The highest BCUT2D eigenvalue weighted by atomic mass is 16.5. The van der Waals surface area contributed by atoms with Crippen LogP contribution in [0.5, 0.6) is 0 Å². The molecule has 2 aliphatic heterocycles. The summed E-state index contributed by atoms with van der Waals surface area (Å²) in [4.78, 5) is 23.4. The van der Waals surface area contributed by atoms with Gasteiger partial charge in [0.2, 0.25) is 0 Å². The monoisotopic (exact) mass is 387 g/mol. The molecule has 0 spiro atoms. The molecule has 1 N–H and O–H groups in total. The van der Waals surface area contributed by atoms with E-state index in [0.717, 1.165) is 64.6 Å². The van der Waals surface area contributed by atoms with Gasteiger partial charge in [-0.2, -0.15) is 0 Å². The van der Waals surface area contributed by atoms with Crippen LogP contribution in [-0.2, 0) is 16.1 Å². The Kier molecular flexibility index (Phi) is 7.68. The van der Waals surface area contributed by atoms with E-state index in [0.29, 0.717) is 6.61 Å². The van der Waals surface area contributed by atoms with Gasteiger partial charge in [-0.05, 0) is 25.5 Å². The van der Waals surface area contributed by atoms with Gasteiger partial charge in [-0.15, -0.1) is 0 Å². The summed E-state index contributed by atoms with van der Waals surface area (Å²) in [6.45, 7) is 6.49. The Hall–Kier alpha value is -2.12. The molecule has 28 heavy (non-hydrogen) atoms. The van der Waals surface area contributed by atoms with E-state index in [4.69, 9.17) is 4.74 Å². The largest absolute Gasteiger partial charge is 0.368 e. The second-order valence-corrected chi connectivity index (χ2v) is 7.51. The van der Waals surface area contributed by atoms with Crippen molar-refractivity contribution in [1.82, 2.24) is 20.0 Å². The predicted molar refractivity (Wildman–Crippen MR) is 111 cm³/mol. The molecule has 2 fully saturated rings.